The molecule has 1 aliphatic heterocycles. The molecule has 1 aliphatic rings. The lowest BCUT2D eigenvalue weighted by Gasteiger charge is -2.35. The van der Waals surface area contributed by atoms with Crippen molar-refractivity contribution in [2.45, 2.75) is 12.5 Å². The van der Waals surface area contributed by atoms with Crippen molar-refractivity contribution >= 4 is 24.2 Å². The number of piperazine rings is 1. The Kier molecular flexibility index (Phi) is 7.17. The van der Waals surface area contributed by atoms with E-state index < -0.39 is 0 Å². The third-order valence-corrected chi connectivity index (χ3v) is 4.36. The summed E-state index contributed by atoms with van der Waals surface area (Å²) in [7, 11) is 1.92. The molecular weight excluding hydrogens is 354 g/mol. The highest BCUT2D eigenvalue weighted by atomic mass is 35.5. The van der Waals surface area contributed by atoms with Crippen molar-refractivity contribution in [3.63, 3.8) is 0 Å². The minimum atomic E-state index is -0.150. The minimum absolute atomic E-state index is 0. The highest BCUT2D eigenvalue weighted by molar-refractivity contribution is 5.86. The second-order valence-corrected chi connectivity index (χ2v) is 6.14. The maximum Gasteiger partial charge on any atom is 0.242 e. The van der Waals surface area contributed by atoms with Gasteiger partial charge in [0.1, 0.15) is 11.9 Å². The second-order valence-electron chi connectivity index (χ2n) is 6.14. The summed E-state index contributed by atoms with van der Waals surface area (Å²) in [5.74, 6) is 0.607. The van der Waals surface area contributed by atoms with Crippen molar-refractivity contribution in [1.29, 1.82) is 0 Å². The Bertz CT molecular complexity index is 734. The maximum atomic E-state index is 12.6. The van der Waals surface area contributed by atoms with Crippen molar-refractivity contribution in [2.75, 3.05) is 26.2 Å². The highest BCUT2D eigenvalue weighted by Crippen LogP contribution is 2.20. The van der Waals surface area contributed by atoms with Crippen LogP contribution in [0.2, 0.25) is 0 Å². The van der Waals surface area contributed by atoms with Crippen LogP contribution in [0.4, 0.5) is 0 Å². The van der Waals surface area contributed by atoms with Crippen molar-refractivity contribution in [3.8, 4) is 0 Å². The molecule has 7 nitrogen and oxygen atoms in total. The number of nitrogens with zero attached hydrogens (tertiary/aromatic N) is 3. The third-order valence-electron chi connectivity index (χ3n) is 4.36. The molecule has 3 rings (SSSR count). The summed E-state index contributed by atoms with van der Waals surface area (Å²) in [5.41, 5.74) is 0.931. The predicted octanol–water partition coefficient (Wildman–Crippen LogP) is 0.674. The number of rotatable bonds is 5. The lowest BCUT2D eigenvalue weighted by molar-refractivity contribution is -0.135. The van der Waals surface area contributed by atoms with E-state index in [1.54, 1.807) is 11.1 Å². The molecule has 0 radical (unpaired) electrons. The topological polar surface area (TPSA) is 79.3 Å². The lowest BCUT2D eigenvalue weighted by atomic mass is 10.1. The van der Waals surface area contributed by atoms with Gasteiger partial charge in [-0.2, -0.15) is 0 Å². The molecule has 2 aromatic rings. The second kappa shape index (κ2) is 9.35. The van der Waals surface area contributed by atoms with Gasteiger partial charge in [0.05, 0.1) is 13.0 Å². The van der Waals surface area contributed by atoms with Gasteiger partial charge in [-0.15, -0.1) is 12.4 Å². The van der Waals surface area contributed by atoms with Gasteiger partial charge >= 0.3 is 0 Å². The molecule has 1 saturated heterocycles. The predicted molar refractivity (Wildman–Crippen MR) is 101 cm³/mol. The van der Waals surface area contributed by atoms with E-state index in [4.69, 9.17) is 0 Å². The van der Waals surface area contributed by atoms with E-state index in [2.05, 4.69) is 15.6 Å². The van der Waals surface area contributed by atoms with Crippen LogP contribution < -0.4 is 10.6 Å². The van der Waals surface area contributed by atoms with Crippen LogP contribution in [-0.4, -0.2) is 52.4 Å². The lowest BCUT2D eigenvalue weighted by Crippen LogP contribution is -2.52. The molecule has 2 amide bonds. The van der Waals surface area contributed by atoms with Crippen molar-refractivity contribution in [2.24, 2.45) is 7.05 Å². The smallest absolute Gasteiger partial charge is 0.242 e. The molecule has 2 heterocycles. The summed E-state index contributed by atoms with van der Waals surface area (Å²) in [6.07, 6.45) is 3.88. The van der Waals surface area contributed by atoms with Gasteiger partial charge in [-0.05, 0) is 5.56 Å². The average Bonchev–Trinajstić information content (AvgIpc) is 3.06. The van der Waals surface area contributed by atoms with Crippen LogP contribution in [0.3, 0.4) is 0 Å². The summed E-state index contributed by atoms with van der Waals surface area (Å²) >= 11 is 0. The molecule has 0 spiro atoms. The molecule has 1 unspecified atom stereocenters. The molecule has 1 fully saturated rings. The molecule has 140 valence electrons. The zero-order chi connectivity index (χ0) is 17.6. The number of aryl methyl sites for hydroxylation is 1. The van der Waals surface area contributed by atoms with Gasteiger partial charge < -0.3 is 20.1 Å². The number of hydrogen-bond donors (Lipinski definition) is 2. The van der Waals surface area contributed by atoms with Crippen LogP contribution in [0.15, 0.2) is 42.7 Å². The van der Waals surface area contributed by atoms with E-state index in [9.17, 15) is 9.59 Å². The normalized spacial score (nSPS) is 16.7. The molecule has 8 heteroatoms. The van der Waals surface area contributed by atoms with E-state index in [1.165, 1.54) is 0 Å². The fourth-order valence-corrected chi connectivity index (χ4v) is 3.05. The van der Waals surface area contributed by atoms with E-state index in [0.717, 1.165) is 17.9 Å². The van der Waals surface area contributed by atoms with Crippen LogP contribution in [0, 0.1) is 0 Å². The molecule has 0 aliphatic carbocycles. The quantitative estimate of drug-likeness (QED) is 0.802. The van der Waals surface area contributed by atoms with E-state index in [0.29, 0.717) is 13.1 Å². The Hall–Kier alpha value is -2.38. The van der Waals surface area contributed by atoms with E-state index >= 15 is 0 Å². The van der Waals surface area contributed by atoms with Crippen LogP contribution in [-0.2, 0) is 23.1 Å². The van der Waals surface area contributed by atoms with Gasteiger partial charge in [-0.3, -0.25) is 9.59 Å². The number of nitrogens with one attached hydrogen (secondary N) is 2. The van der Waals surface area contributed by atoms with Crippen LogP contribution in [0.5, 0.6) is 0 Å². The molecule has 1 atom stereocenters. The number of carbonyl (C=O) groups excluding carboxylic acids is 2. The molecule has 0 bridgehead atoms. The first-order valence-corrected chi connectivity index (χ1v) is 8.43. The number of imidazole rings is 1. The Morgan fingerprint density at radius 1 is 1.31 bits per heavy atom. The SMILES string of the molecule is Cl.Cn1ccnc1C1CNCCN1C(=O)CNC(=O)Cc1ccccc1. The van der Waals surface area contributed by atoms with Gasteiger partial charge in [0, 0.05) is 39.1 Å². The molecule has 2 N–H and O–H groups in total. The van der Waals surface area contributed by atoms with E-state index in [1.807, 2.05) is 48.1 Å². The molecule has 1 aromatic heterocycles. The first-order valence-electron chi connectivity index (χ1n) is 8.43. The third kappa shape index (κ3) is 4.83. The van der Waals surface area contributed by atoms with Gasteiger partial charge in [0.25, 0.3) is 0 Å². The number of hydrogen-bond acceptors (Lipinski definition) is 4. The largest absolute Gasteiger partial charge is 0.347 e. The number of benzene rings is 1. The molecule has 26 heavy (non-hydrogen) atoms. The highest BCUT2D eigenvalue weighted by Gasteiger charge is 2.30. The average molecular weight is 378 g/mol. The monoisotopic (exact) mass is 377 g/mol. The fraction of sp³-hybridized carbons (Fsp3) is 0.389. The van der Waals surface area contributed by atoms with Crippen LogP contribution >= 0.6 is 12.4 Å². The van der Waals surface area contributed by atoms with Crippen molar-refractivity contribution < 1.29 is 9.59 Å². The first kappa shape index (κ1) is 19.9. The number of aromatic nitrogens is 2. The Labute approximate surface area is 159 Å². The summed E-state index contributed by atoms with van der Waals surface area (Å²) < 4.78 is 1.92. The minimum Gasteiger partial charge on any atom is -0.347 e. The summed E-state index contributed by atoms with van der Waals surface area (Å²) in [5, 5.41) is 6.03. The maximum absolute atomic E-state index is 12.6. The van der Waals surface area contributed by atoms with Crippen LogP contribution in [0.25, 0.3) is 0 Å². The number of amides is 2. The van der Waals surface area contributed by atoms with Crippen molar-refractivity contribution in [1.82, 2.24) is 25.1 Å². The van der Waals surface area contributed by atoms with Gasteiger partial charge in [-0.25, -0.2) is 4.98 Å². The van der Waals surface area contributed by atoms with E-state index in [-0.39, 0.29) is 43.2 Å². The Morgan fingerprint density at radius 2 is 2.08 bits per heavy atom. The summed E-state index contributed by atoms with van der Waals surface area (Å²) in [6.45, 7) is 2.01. The zero-order valence-electron chi connectivity index (χ0n) is 14.7. The Balaban J connectivity index is 0.00000243. The summed E-state index contributed by atoms with van der Waals surface area (Å²) in [6, 6.07) is 9.38. The Morgan fingerprint density at radius 3 is 2.77 bits per heavy atom. The molecular formula is C18H24ClN5O2. The standard InChI is InChI=1S/C18H23N5O2.ClH/c1-22-9-8-20-18(22)15-12-19-7-10-23(15)17(25)13-21-16(24)11-14-5-3-2-4-6-14;/h2-6,8-9,15,19H,7,10-13H2,1H3,(H,21,24);1H. The fourth-order valence-electron chi connectivity index (χ4n) is 3.05. The molecule has 0 saturated carbocycles. The van der Waals surface area contributed by atoms with Gasteiger partial charge in [0.2, 0.25) is 11.8 Å². The summed E-state index contributed by atoms with van der Waals surface area (Å²) in [4.78, 5) is 30.8. The zero-order valence-corrected chi connectivity index (χ0v) is 15.5. The number of carbonyl (C=O) groups is 2. The van der Waals surface area contributed by atoms with Gasteiger partial charge in [0.15, 0.2) is 0 Å². The van der Waals surface area contributed by atoms with Crippen molar-refractivity contribution in [3.05, 3.63) is 54.1 Å². The molecule has 1 aromatic carbocycles. The first-order chi connectivity index (χ1) is 12.1. The van der Waals surface area contributed by atoms with Crippen LogP contribution in [0.1, 0.15) is 17.4 Å². The van der Waals surface area contributed by atoms with Gasteiger partial charge in [-0.1, -0.05) is 30.3 Å². The number of halogens is 1.